The lowest BCUT2D eigenvalue weighted by Gasteiger charge is -2.06. The summed E-state index contributed by atoms with van der Waals surface area (Å²) in [5.41, 5.74) is 6.36. The summed E-state index contributed by atoms with van der Waals surface area (Å²) >= 11 is 0. The van der Waals surface area contributed by atoms with Crippen LogP contribution >= 0.6 is 0 Å². The first kappa shape index (κ1) is 14.6. The molecule has 0 radical (unpaired) electrons. The van der Waals surface area contributed by atoms with Crippen molar-refractivity contribution in [3.63, 3.8) is 0 Å². The maximum Gasteiger partial charge on any atom is 0.286 e. The molecule has 6 nitrogen and oxygen atoms in total. The molecule has 0 unspecified atom stereocenters. The third kappa shape index (κ3) is 3.16. The quantitative estimate of drug-likeness (QED) is 0.649. The molecule has 3 rings (SSSR count). The van der Waals surface area contributed by atoms with Crippen LogP contribution in [0, 0.1) is 0 Å². The Balaban J connectivity index is 1.70. The van der Waals surface area contributed by atoms with Gasteiger partial charge in [0.2, 0.25) is 0 Å². The SMILES string of the molecule is COc1ccc2cc(C(=O)NNC(=O)c3ccccc3)[nH]c2c1. The van der Waals surface area contributed by atoms with E-state index < -0.39 is 5.91 Å². The Kier molecular flexibility index (Phi) is 3.97. The minimum Gasteiger partial charge on any atom is -0.497 e. The van der Waals surface area contributed by atoms with Crippen molar-refractivity contribution in [2.45, 2.75) is 0 Å². The molecule has 0 atom stereocenters. The summed E-state index contributed by atoms with van der Waals surface area (Å²) in [6.45, 7) is 0. The summed E-state index contributed by atoms with van der Waals surface area (Å²) in [6, 6.07) is 15.8. The lowest BCUT2D eigenvalue weighted by Crippen LogP contribution is -2.41. The number of amides is 2. The molecule has 0 saturated carbocycles. The number of hydrazine groups is 1. The summed E-state index contributed by atoms with van der Waals surface area (Å²) < 4.78 is 5.14. The number of benzene rings is 2. The molecule has 0 aliphatic rings. The van der Waals surface area contributed by atoms with Gasteiger partial charge in [-0.05, 0) is 30.3 Å². The Morgan fingerprint density at radius 3 is 2.43 bits per heavy atom. The van der Waals surface area contributed by atoms with E-state index in [1.54, 1.807) is 43.5 Å². The molecule has 0 fully saturated rings. The zero-order valence-corrected chi connectivity index (χ0v) is 12.4. The van der Waals surface area contributed by atoms with E-state index in [4.69, 9.17) is 4.74 Å². The fraction of sp³-hybridized carbons (Fsp3) is 0.0588. The third-order valence-electron chi connectivity index (χ3n) is 3.40. The van der Waals surface area contributed by atoms with Crippen molar-refractivity contribution >= 4 is 22.7 Å². The van der Waals surface area contributed by atoms with Gasteiger partial charge in [0, 0.05) is 22.5 Å². The molecule has 3 aromatic rings. The molecule has 0 saturated heterocycles. The van der Waals surface area contributed by atoms with Gasteiger partial charge in [0.1, 0.15) is 11.4 Å². The van der Waals surface area contributed by atoms with Crippen LogP contribution in [-0.2, 0) is 0 Å². The van der Waals surface area contributed by atoms with E-state index in [9.17, 15) is 9.59 Å². The van der Waals surface area contributed by atoms with Crippen LogP contribution in [0.4, 0.5) is 0 Å². The number of methoxy groups -OCH3 is 1. The van der Waals surface area contributed by atoms with Crippen LogP contribution in [0.2, 0.25) is 0 Å². The van der Waals surface area contributed by atoms with E-state index in [0.29, 0.717) is 17.0 Å². The van der Waals surface area contributed by atoms with Crippen molar-refractivity contribution < 1.29 is 14.3 Å². The topological polar surface area (TPSA) is 83.2 Å². The van der Waals surface area contributed by atoms with Gasteiger partial charge in [-0.15, -0.1) is 0 Å². The monoisotopic (exact) mass is 309 g/mol. The van der Waals surface area contributed by atoms with Gasteiger partial charge in [-0.2, -0.15) is 0 Å². The average molecular weight is 309 g/mol. The average Bonchev–Trinajstić information content (AvgIpc) is 3.03. The molecule has 2 amide bonds. The maximum atomic E-state index is 12.1. The van der Waals surface area contributed by atoms with E-state index in [-0.39, 0.29) is 5.91 Å². The summed E-state index contributed by atoms with van der Waals surface area (Å²) in [4.78, 5) is 27.0. The Bertz CT molecular complexity index is 856. The highest BCUT2D eigenvalue weighted by Crippen LogP contribution is 2.21. The van der Waals surface area contributed by atoms with Gasteiger partial charge < -0.3 is 9.72 Å². The third-order valence-corrected chi connectivity index (χ3v) is 3.40. The second kappa shape index (κ2) is 6.23. The Morgan fingerprint density at radius 2 is 1.70 bits per heavy atom. The highest BCUT2D eigenvalue weighted by Gasteiger charge is 2.11. The van der Waals surface area contributed by atoms with Crippen LogP contribution in [0.15, 0.2) is 54.6 Å². The van der Waals surface area contributed by atoms with Gasteiger partial charge in [-0.1, -0.05) is 18.2 Å². The van der Waals surface area contributed by atoms with Gasteiger partial charge >= 0.3 is 0 Å². The Labute approximate surface area is 132 Å². The molecule has 116 valence electrons. The zero-order chi connectivity index (χ0) is 16.2. The second-order valence-electron chi connectivity index (χ2n) is 4.91. The van der Waals surface area contributed by atoms with E-state index in [2.05, 4.69) is 15.8 Å². The van der Waals surface area contributed by atoms with Crippen molar-refractivity contribution in [3.8, 4) is 5.75 Å². The highest BCUT2D eigenvalue weighted by molar-refractivity contribution is 6.00. The first-order chi connectivity index (χ1) is 11.2. The number of ether oxygens (including phenoxy) is 1. The van der Waals surface area contributed by atoms with Crippen LogP contribution in [-0.4, -0.2) is 23.9 Å². The molecule has 23 heavy (non-hydrogen) atoms. The number of hydrogen-bond acceptors (Lipinski definition) is 3. The maximum absolute atomic E-state index is 12.1. The van der Waals surface area contributed by atoms with E-state index in [1.165, 1.54) is 0 Å². The summed E-state index contributed by atoms with van der Waals surface area (Å²) in [6.07, 6.45) is 0. The number of aromatic nitrogens is 1. The smallest absolute Gasteiger partial charge is 0.286 e. The van der Waals surface area contributed by atoms with Gasteiger partial charge in [0.25, 0.3) is 11.8 Å². The van der Waals surface area contributed by atoms with Crippen LogP contribution in [0.5, 0.6) is 5.75 Å². The van der Waals surface area contributed by atoms with Crippen molar-refractivity contribution in [2.75, 3.05) is 7.11 Å². The number of fused-ring (bicyclic) bond motifs is 1. The van der Waals surface area contributed by atoms with Crippen molar-refractivity contribution in [3.05, 3.63) is 65.9 Å². The second-order valence-corrected chi connectivity index (χ2v) is 4.91. The normalized spacial score (nSPS) is 10.3. The summed E-state index contributed by atoms with van der Waals surface area (Å²) in [5.74, 6) is -0.107. The lowest BCUT2D eigenvalue weighted by atomic mass is 10.2. The van der Waals surface area contributed by atoms with E-state index >= 15 is 0 Å². The Hall–Kier alpha value is -3.28. The lowest BCUT2D eigenvalue weighted by molar-refractivity contribution is 0.0844. The predicted octanol–water partition coefficient (Wildman–Crippen LogP) is 2.25. The highest BCUT2D eigenvalue weighted by atomic mass is 16.5. The molecule has 6 heteroatoms. The molecule has 1 heterocycles. The van der Waals surface area contributed by atoms with Gasteiger partial charge in [-0.25, -0.2) is 0 Å². The van der Waals surface area contributed by atoms with Gasteiger partial charge in [0.15, 0.2) is 0 Å². The molecule has 0 spiro atoms. The van der Waals surface area contributed by atoms with Crippen LogP contribution in [0.3, 0.4) is 0 Å². The first-order valence-electron chi connectivity index (χ1n) is 7.00. The van der Waals surface area contributed by atoms with Crippen molar-refractivity contribution in [1.82, 2.24) is 15.8 Å². The number of rotatable bonds is 3. The molecule has 1 aromatic heterocycles. The molecule has 0 aliphatic carbocycles. The van der Waals surface area contributed by atoms with Crippen LogP contribution in [0.25, 0.3) is 10.9 Å². The molecule has 3 N–H and O–H groups in total. The Morgan fingerprint density at radius 1 is 0.957 bits per heavy atom. The number of hydrogen-bond donors (Lipinski definition) is 3. The molecular weight excluding hydrogens is 294 g/mol. The predicted molar refractivity (Wildman–Crippen MR) is 86.2 cm³/mol. The van der Waals surface area contributed by atoms with E-state index in [0.717, 1.165) is 10.9 Å². The molecule has 2 aromatic carbocycles. The van der Waals surface area contributed by atoms with Crippen molar-refractivity contribution in [1.29, 1.82) is 0 Å². The fourth-order valence-corrected chi connectivity index (χ4v) is 2.20. The number of H-pyrrole nitrogens is 1. The number of carbonyl (C=O) groups excluding carboxylic acids is 2. The van der Waals surface area contributed by atoms with Crippen LogP contribution in [0.1, 0.15) is 20.8 Å². The number of aromatic amines is 1. The molecule has 0 aliphatic heterocycles. The van der Waals surface area contributed by atoms with E-state index in [1.807, 2.05) is 18.2 Å². The zero-order valence-electron chi connectivity index (χ0n) is 12.4. The van der Waals surface area contributed by atoms with Gasteiger partial charge in [-0.3, -0.25) is 20.4 Å². The summed E-state index contributed by atoms with van der Waals surface area (Å²) in [7, 11) is 1.58. The van der Waals surface area contributed by atoms with Gasteiger partial charge in [0.05, 0.1) is 7.11 Å². The van der Waals surface area contributed by atoms with Crippen LogP contribution < -0.4 is 15.6 Å². The number of carbonyl (C=O) groups is 2. The first-order valence-corrected chi connectivity index (χ1v) is 7.00. The minimum absolute atomic E-state index is 0.349. The molecular formula is C17H15N3O3. The minimum atomic E-state index is -0.426. The molecule has 0 bridgehead atoms. The standard InChI is InChI=1S/C17H15N3O3/c1-23-13-8-7-12-9-15(18-14(12)10-13)17(22)20-19-16(21)11-5-3-2-4-6-11/h2-10,18H,1H3,(H,19,21)(H,20,22). The fourth-order valence-electron chi connectivity index (χ4n) is 2.20. The van der Waals surface area contributed by atoms with Crippen molar-refractivity contribution in [2.24, 2.45) is 0 Å². The summed E-state index contributed by atoms with van der Waals surface area (Å²) in [5, 5.41) is 0.880. The largest absolute Gasteiger partial charge is 0.497 e. The number of nitrogens with one attached hydrogen (secondary N) is 3.